The summed E-state index contributed by atoms with van der Waals surface area (Å²) in [5.41, 5.74) is -0.573. The molecule has 2 rings (SSSR count). The maximum atomic E-state index is 12.0. The van der Waals surface area contributed by atoms with E-state index in [1.807, 2.05) is 0 Å². The van der Waals surface area contributed by atoms with Crippen molar-refractivity contribution < 1.29 is 19.2 Å². The molecule has 6 nitrogen and oxygen atoms in total. The standard InChI is InChI=1S/C13H15NO5/c1-4-18-12-6-11-8(5-9(12)14(16)17)10(15)7-13(2,3)19-11/h5-6H,4,7H2,1-3H3. The van der Waals surface area contributed by atoms with E-state index in [2.05, 4.69) is 0 Å². The van der Waals surface area contributed by atoms with Crippen molar-refractivity contribution in [2.75, 3.05) is 6.61 Å². The molecule has 0 spiro atoms. The van der Waals surface area contributed by atoms with E-state index in [-0.39, 0.29) is 29.2 Å². The van der Waals surface area contributed by atoms with E-state index in [1.54, 1.807) is 20.8 Å². The number of hydrogen-bond acceptors (Lipinski definition) is 5. The predicted molar refractivity (Wildman–Crippen MR) is 67.9 cm³/mol. The van der Waals surface area contributed by atoms with Gasteiger partial charge in [-0.25, -0.2) is 0 Å². The predicted octanol–water partition coefficient (Wildman–Crippen LogP) is 2.74. The topological polar surface area (TPSA) is 78.7 Å². The Balaban J connectivity index is 2.56. The molecule has 0 aliphatic carbocycles. The summed E-state index contributed by atoms with van der Waals surface area (Å²) < 4.78 is 10.9. The van der Waals surface area contributed by atoms with Gasteiger partial charge in [-0.15, -0.1) is 0 Å². The molecule has 0 N–H and O–H groups in total. The Morgan fingerprint density at radius 3 is 2.74 bits per heavy atom. The van der Waals surface area contributed by atoms with Crippen molar-refractivity contribution in [1.29, 1.82) is 0 Å². The molecule has 0 radical (unpaired) electrons. The molecule has 1 aliphatic rings. The van der Waals surface area contributed by atoms with E-state index in [9.17, 15) is 14.9 Å². The molecule has 0 amide bonds. The van der Waals surface area contributed by atoms with Gasteiger partial charge in [0.1, 0.15) is 11.4 Å². The fraction of sp³-hybridized carbons (Fsp3) is 0.462. The third-order valence-electron chi connectivity index (χ3n) is 2.83. The van der Waals surface area contributed by atoms with Crippen LogP contribution in [0.15, 0.2) is 12.1 Å². The van der Waals surface area contributed by atoms with Crippen LogP contribution in [-0.4, -0.2) is 22.9 Å². The zero-order valence-electron chi connectivity index (χ0n) is 11.1. The van der Waals surface area contributed by atoms with E-state index >= 15 is 0 Å². The molecule has 19 heavy (non-hydrogen) atoms. The smallest absolute Gasteiger partial charge is 0.311 e. The fourth-order valence-electron chi connectivity index (χ4n) is 2.08. The molecule has 1 aliphatic heterocycles. The normalized spacial score (nSPS) is 16.5. The Morgan fingerprint density at radius 2 is 2.16 bits per heavy atom. The van der Waals surface area contributed by atoms with Crippen molar-refractivity contribution in [3.05, 3.63) is 27.8 Å². The summed E-state index contributed by atoms with van der Waals surface area (Å²) in [6.45, 7) is 5.64. The molecular formula is C13H15NO5. The highest BCUT2D eigenvalue weighted by atomic mass is 16.6. The minimum atomic E-state index is -0.607. The zero-order valence-corrected chi connectivity index (χ0v) is 11.1. The highest BCUT2D eigenvalue weighted by molar-refractivity contribution is 6.01. The Morgan fingerprint density at radius 1 is 1.47 bits per heavy atom. The van der Waals surface area contributed by atoms with Crippen LogP contribution in [0.5, 0.6) is 11.5 Å². The summed E-state index contributed by atoms with van der Waals surface area (Å²) in [6.07, 6.45) is 0.200. The van der Waals surface area contributed by atoms with Crippen LogP contribution < -0.4 is 9.47 Å². The van der Waals surface area contributed by atoms with Crippen molar-refractivity contribution in [3.63, 3.8) is 0 Å². The third-order valence-corrected chi connectivity index (χ3v) is 2.83. The summed E-state index contributed by atoms with van der Waals surface area (Å²) in [5.74, 6) is 0.310. The van der Waals surface area contributed by atoms with Crippen LogP contribution in [0.3, 0.4) is 0 Å². The van der Waals surface area contributed by atoms with E-state index in [1.165, 1.54) is 12.1 Å². The second-order valence-electron chi connectivity index (χ2n) is 4.97. The minimum Gasteiger partial charge on any atom is -0.487 e. The molecule has 102 valence electrons. The summed E-state index contributed by atoms with van der Waals surface area (Å²) in [6, 6.07) is 2.66. The summed E-state index contributed by atoms with van der Waals surface area (Å²) in [7, 11) is 0. The van der Waals surface area contributed by atoms with Crippen molar-refractivity contribution in [2.45, 2.75) is 32.8 Å². The molecule has 0 saturated carbocycles. The van der Waals surface area contributed by atoms with Crippen molar-refractivity contribution >= 4 is 11.5 Å². The number of hydrogen-bond donors (Lipinski definition) is 0. The number of carbonyl (C=O) groups excluding carboxylic acids is 1. The van der Waals surface area contributed by atoms with Gasteiger partial charge in [0.2, 0.25) is 5.75 Å². The molecular weight excluding hydrogens is 250 g/mol. The van der Waals surface area contributed by atoms with Gasteiger partial charge in [-0.2, -0.15) is 0 Å². The quantitative estimate of drug-likeness (QED) is 0.620. The summed E-state index contributed by atoms with van der Waals surface area (Å²) >= 11 is 0. The average Bonchev–Trinajstić information content (AvgIpc) is 2.26. The van der Waals surface area contributed by atoms with Gasteiger partial charge in [-0.3, -0.25) is 14.9 Å². The first kappa shape index (κ1) is 13.3. The van der Waals surface area contributed by atoms with Crippen LogP contribution in [0.25, 0.3) is 0 Å². The number of Topliss-reactive ketones (excluding diaryl/α,β-unsaturated/α-hetero) is 1. The van der Waals surface area contributed by atoms with Crippen LogP contribution >= 0.6 is 0 Å². The van der Waals surface area contributed by atoms with Crippen LogP contribution in [0.4, 0.5) is 5.69 Å². The van der Waals surface area contributed by atoms with Gasteiger partial charge < -0.3 is 9.47 Å². The zero-order chi connectivity index (χ0) is 14.2. The largest absolute Gasteiger partial charge is 0.487 e. The molecule has 0 saturated heterocycles. The maximum absolute atomic E-state index is 12.0. The molecule has 0 fully saturated rings. The van der Waals surface area contributed by atoms with Crippen molar-refractivity contribution in [3.8, 4) is 11.5 Å². The first-order valence-electron chi connectivity index (χ1n) is 6.01. The van der Waals surface area contributed by atoms with E-state index in [4.69, 9.17) is 9.47 Å². The van der Waals surface area contributed by atoms with Crippen molar-refractivity contribution in [1.82, 2.24) is 0 Å². The maximum Gasteiger partial charge on any atom is 0.311 e. The monoisotopic (exact) mass is 265 g/mol. The average molecular weight is 265 g/mol. The van der Waals surface area contributed by atoms with E-state index in [0.29, 0.717) is 12.4 Å². The highest BCUT2D eigenvalue weighted by Gasteiger charge is 2.35. The first-order chi connectivity index (χ1) is 8.84. The molecule has 1 aromatic rings. The Hall–Kier alpha value is -2.11. The Kier molecular flexibility index (Phi) is 3.18. The number of rotatable bonds is 3. The van der Waals surface area contributed by atoms with Gasteiger partial charge >= 0.3 is 5.69 Å². The highest BCUT2D eigenvalue weighted by Crippen LogP contribution is 2.40. The Bertz CT molecular complexity index is 550. The van der Waals surface area contributed by atoms with E-state index in [0.717, 1.165) is 0 Å². The lowest BCUT2D eigenvalue weighted by Crippen LogP contribution is -2.35. The lowest BCUT2D eigenvalue weighted by atomic mass is 9.92. The fourth-order valence-corrected chi connectivity index (χ4v) is 2.08. The lowest BCUT2D eigenvalue weighted by molar-refractivity contribution is -0.385. The van der Waals surface area contributed by atoms with Gasteiger partial charge in [0, 0.05) is 12.1 Å². The molecule has 6 heteroatoms. The molecule has 0 atom stereocenters. The van der Waals surface area contributed by atoms with Crippen molar-refractivity contribution in [2.24, 2.45) is 0 Å². The minimum absolute atomic E-state index is 0.122. The molecule has 1 aromatic carbocycles. The SMILES string of the molecule is CCOc1cc2c(cc1[N+](=O)[O-])C(=O)CC(C)(C)O2. The van der Waals surface area contributed by atoms with Gasteiger partial charge in [0.15, 0.2) is 5.78 Å². The number of nitro benzene ring substituents is 1. The van der Waals surface area contributed by atoms with Gasteiger partial charge in [0.25, 0.3) is 0 Å². The molecule has 0 bridgehead atoms. The van der Waals surface area contributed by atoms with Gasteiger partial charge in [-0.05, 0) is 20.8 Å². The number of ketones is 1. The van der Waals surface area contributed by atoms with Gasteiger partial charge in [-0.1, -0.05) is 0 Å². The van der Waals surface area contributed by atoms with Gasteiger partial charge in [0.05, 0.1) is 23.5 Å². The third kappa shape index (κ3) is 2.52. The first-order valence-corrected chi connectivity index (χ1v) is 6.01. The number of fused-ring (bicyclic) bond motifs is 1. The number of benzene rings is 1. The molecule has 1 heterocycles. The second kappa shape index (κ2) is 4.53. The summed E-state index contributed by atoms with van der Waals surface area (Å²) in [5, 5.41) is 11.0. The second-order valence-corrected chi connectivity index (χ2v) is 4.97. The number of ether oxygens (including phenoxy) is 2. The Labute approximate surface area is 110 Å². The van der Waals surface area contributed by atoms with Crippen LogP contribution in [0.1, 0.15) is 37.6 Å². The molecule has 0 aromatic heterocycles. The van der Waals surface area contributed by atoms with Crippen LogP contribution in [0, 0.1) is 10.1 Å². The van der Waals surface area contributed by atoms with Crippen LogP contribution in [0.2, 0.25) is 0 Å². The molecule has 0 unspecified atom stereocenters. The number of nitro groups is 1. The number of carbonyl (C=O) groups is 1. The summed E-state index contributed by atoms with van der Waals surface area (Å²) in [4.78, 5) is 22.4. The van der Waals surface area contributed by atoms with E-state index < -0.39 is 10.5 Å². The van der Waals surface area contributed by atoms with Crippen LogP contribution in [-0.2, 0) is 0 Å². The number of nitrogens with zero attached hydrogens (tertiary/aromatic N) is 1. The lowest BCUT2D eigenvalue weighted by Gasteiger charge is -2.31.